The van der Waals surface area contributed by atoms with Gasteiger partial charge < -0.3 is 5.32 Å². The van der Waals surface area contributed by atoms with Gasteiger partial charge in [-0.25, -0.2) is 0 Å². The van der Waals surface area contributed by atoms with Crippen LogP contribution in [0.25, 0.3) is 0 Å². The summed E-state index contributed by atoms with van der Waals surface area (Å²) < 4.78 is 0. The average molecular weight is 242 g/mol. The molecule has 0 amide bonds. The lowest BCUT2D eigenvalue weighted by Gasteiger charge is -2.41. The van der Waals surface area contributed by atoms with E-state index in [9.17, 15) is 0 Å². The van der Waals surface area contributed by atoms with Crippen LogP contribution in [0.15, 0.2) is 0 Å². The van der Waals surface area contributed by atoms with Crippen LogP contribution in [0.5, 0.6) is 0 Å². The molecule has 0 aliphatic carbocycles. The zero-order valence-corrected chi connectivity index (χ0v) is 11.6. The van der Waals surface area contributed by atoms with Crippen molar-refractivity contribution in [3.05, 3.63) is 0 Å². The zero-order valence-electron chi connectivity index (χ0n) is 10.8. The SMILES string of the molecule is CCCSC(C)N1CCC2(CCNC2)CC1. The summed E-state index contributed by atoms with van der Waals surface area (Å²) >= 11 is 2.12. The Morgan fingerprint density at radius 3 is 2.62 bits per heavy atom. The van der Waals surface area contributed by atoms with E-state index in [4.69, 9.17) is 0 Å². The molecule has 2 heterocycles. The molecule has 2 aliphatic rings. The van der Waals surface area contributed by atoms with Gasteiger partial charge in [0, 0.05) is 6.54 Å². The highest BCUT2D eigenvalue weighted by Gasteiger charge is 2.37. The van der Waals surface area contributed by atoms with Crippen LogP contribution in [-0.2, 0) is 0 Å². The van der Waals surface area contributed by atoms with Crippen molar-refractivity contribution in [3.63, 3.8) is 0 Å². The normalized spacial score (nSPS) is 27.4. The molecular formula is C13H26N2S. The summed E-state index contributed by atoms with van der Waals surface area (Å²) in [6.07, 6.45) is 5.54. The fourth-order valence-electron chi connectivity index (χ4n) is 2.98. The first-order valence-electron chi connectivity index (χ1n) is 6.82. The fraction of sp³-hybridized carbons (Fsp3) is 1.00. The zero-order chi connectivity index (χ0) is 11.4. The molecule has 0 aromatic carbocycles. The van der Waals surface area contributed by atoms with E-state index < -0.39 is 0 Å². The molecule has 0 aromatic heterocycles. The predicted molar refractivity (Wildman–Crippen MR) is 72.9 cm³/mol. The first-order valence-corrected chi connectivity index (χ1v) is 7.87. The number of nitrogens with one attached hydrogen (secondary N) is 1. The van der Waals surface area contributed by atoms with E-state index in [0.717, 1.165) is 5.37 Å². The van der Waals surface area contributed by atoms with E-state index in [-0.39, 0.29) is 0 Å². The van der Waals surface area contributed by atoms with Gasteiger partial charge in [-0.1, -0.05) is 6.92 Å². The summed E-state index contributed by atoms with van der Waals surface area (Å²) in [7, 11) is 0. The van der Waals surface area contributed by atoms with Crippen LogP contribution in [0.4, 0.5) is 0 Å². The minimum Gasteiger partial charge on any atom is -0.316 e. The molecule has 16 heavy (non-hydrogen) atoms. The van der Waals surface area contributed by atoms with Crippen molar-refractivity contribution in [2.45, 2.75) is 44.9 Å². The van der Waals surface area contributed by atoms with E-state index in [2.05, 4.69) is 35.8 Å². The fourth-order valence-corrected chi connectivity index (χ4v) is 3.98. The lowest BCUT2D eigenvalue weighted by atomic mass is 9.78. The second-order valence-electron chi connectivity index (χ2n) is 5.43. The largest absolute Gasteiger partial charge is 0.316 e. The van der Waals surface area contributed by atoms with E-state index in [1.54, 1.807) is 0 Å². The summed E-state index contributed by atoms with van der Waals surface area (Å²) in [6, 6.07) is 0. The molecule has 0 radical (unpaired) electrons. The third-order valence-electron chi connectivity index (χ3n) is 4.27. The number of piperidine rings is 1. The predicted octanol–water partition coefficient (Wildman–Crippen LogP) is 2.55. The molecule has 1 atom stereocenters. The van der Waals surface area contributed by atoms with Gasteiger partial charge in [-0.2, -0.15) is 0 Å². The van der Waals surface area contributed by atoms with Crippen molar-refractivity contribution in [3.8, 4) is 0 Å². The molecule has 94 valence electrons. The molecular weight excluding hydrogens is 216 g/mol. The first kappa shape index (κ1) is 12.7. The third kappa shape index (κ3) is 2.93. The van der Waals surface area contributed by atoms with Crippen molar-refractivity contribution < 1.29 is 0 Å². The summed E-state index contributed by atoms with van der Waals surface area (Å²) in [5.74, 6) is 1.31. The van der Waals surface area contributed by atoms with Gasteiger partial charge in [0.05, 0.1) is 5.37 Å². The third-order valence-corrected chi connectivity index (χ3v) is 5.69. The smallest absolute Gasteiger partial charge is 0.0528 e. The van der Waals surface area contributed by atoms with E-state index in [1.165, 1.54) is 57.6 Å². The van der Waals surface area contributed by atoms with Crippen LogP contribution < -0.4 is 5.32 Å². The summed E-state index contributed by atoms with van der Waals surface area (Å²) in [5.41, 5.74) is 0.672. The van der Waals surface area contributed by atoms with Crippen LogP contribution in [0.2, 0.25) is 0 Å². The van der Waals surface area contributed by atoms with Crippen molar-refractivity contribution >= 4 is 11.8 Å². The van der Waals surface area contributed by atoms with Gasteiger partial charge in [0.2, 0.25) is 0 Å². The molecule has 2 rings (SSSR count). The van der Waals surface area contributed by atoms with Crippen molar-refractivity contribution in [2.75, 3.05) is 31.9 Å². The molecule has 0 bridgehead atoms. The topological polar surface area (TPSA) is 15.3 Å². The van der Waals surface area contributed by atoms with Crippen LogP contribution in [0.3, 0.4) is 0 Å². The van der Waals surface area contributed by atoms with E-state index >= 15 is 0 Å². The lowest BCUT2D eigenvalue weighted by Crippen LogP contribution is -2.44. The van der Waals surface area contributed by atoms with Gasteiger partial charge in [0.1, 0.15) is 0 Å². The molecule has 0 aromatic rings. The van der Waals surface area contributed by atoms with Gasteiger partial charge in [-0.05, 0) is 63.4 Å². The van der Waals surface area contributed by atoms with Gasteiger partial charge in [0.15, 0.2) is 0 Å². The maximum atomic E-state index is 3.54. The molecule has 1 N–H and O–H groups in total. The minimum absolute atomic E-state index is 0.672. The molecule has 0 saturated carbocycles. The molecule has 2 fully saturated rings. The Balaban J connectivity index is 1.75. The number of likely N-dealkylation sites (tertiary alicyclic amines) is 1. The Morgan fingerprint density at radius 2 is 2.06 bits per heavy atom. The maximum Gasteiger partial charge on any atom is 0.0528 e. The number of rotatable bonds is 4. The number of nitrogens with zero attached hydrogens (tertiary/aromatic N) is 1. The Bertz CT molecular complexity index is 204. The standard InChI is InChI=1S/C13H26N2S/c1-3-10-16-12(2)15-8-5-13(6-9-15)4-7-14-11-13/h12,14H,3-11H2,1-2H3. The second kappa shape index (κ2) is 5.74. The molecule has 3 heteroatoms. The highest BCUT2D eigenvalue weighted by Crippen LogP contribution is 2.38. The minimum atomic E-state index is 0.672. The van der Waals surface area contributed by atoms with Crippen LogP contribution in [0, 0.1) is 5.41 Å². The monoisotopic (exact) mass is 242 g/mol. The highest BCUT2D eigenvalue weighted by atomic mass is 32.2. The van der Waals surface area contributed by atoms with Crippen LogP contribution >= 0.6 is 11.8 Å². The molecule has 1 unspecified atom stereocenters. The van der Waals surface area contributed by atoms with Crippen molar-refractivity contribution in [2.24, 2.45) is 5.41 Å². The van der Waals surface area contributed by atoms with E-state index in [0.29, 0.717) is 5.41 Å². The molecule has 2 saturated heterocycles. The van der Waals surface area contributed by atoms with Gasteiger partial charge in [-0.3, -0.25) is 4.90 Å². The molecule has 2 nitrogen and oxygen atoms in total. The number of thioether (sulfide) groups is 1. The molecule has 1 spiro atoms. The van der Waals surface area contributed by atoms with Crippen molar-refractivity contribution in [1.82, 2.24) is 10.2 Å². The molecule has 2 aliphatic heterocycles. The van der Waals surface area contributed by atoms with E-state index in [1.807, 2.05) is 0 Å². The lowest BCUT2D eigenvalue weighted by molar-refractivity contribution is 0.115. The Morgan fingerprint density at radius 1 is 1.31 bits per heavy atom. The van der Waals surface area contributed by atoms with Crippen LogP contribution in [-0.4, -0.2) is 42.2 Å². The van der Waals surface area contributed by atoms with Crippen molar-refractivity contribution in [1.29, 1.82) is 0 Å². The summed E-state index contributed by atoms with van der Waals surface area (Å²) in [5, 5.41) is 4.27. The first-order chi connectivity index (χ1) is 7.76. The Kier molecular flexibility index (Phi) is 4.57. The van der Waals surface area contributed by atoms with Crippen LogP contribution in [0.1, 0.15) is 39.5 Å². The Labute approximate surface area is 105 Å². The van der Waals surface area contributed by atoms with Gasteiger partial charge in [0.25, 0.3) is 0 Å². The van der Waals surface area contributed by atoms with Gasteiger partial charge >= 0.3 is 0 Å². The Hall–Kier alpha value is 0.270. The number of hydrogen-bond acceptors (Lipinski definition) is 3. The average Bonchev–Trinajstić information content (AvgIpc) is 2.75. The second-order valence-corrected chi connectivity index (χ2v) is 6.86. The summed E-state index contributed by atoms with van der Waals surface area (Å²) in [4.78, 5) is 2.68. The summed E-state index contributed by atoms with van der Waals surface area (Å²) in [6.45, 7) is 9.82. The quantitative estimate of drug-likeness (QED) is 0.815. The number of hydrogen-bond donors (Lipinski definition) is 1. The highest BCUT2D eigenvalue weighted by molar-refractivity contribution is 7.99. The van der Waals surface area contributed by atoms with Gasteiger partial charge in [-0.15, -0.1) is 11.8 Å². The maximum absolute atomic E-state index is 3.54.